The fourth-order valence-electron chi connectivity index (χ4n) is 2.43. The van der Waals surface area contributed by atoms with E-state index in [1.54, 1.807) is 45.2 Å². The Morgan fingerprint density at radius 2 is 1.88 bits per heavy atom. The molecule has 7 nitrogen and oxygen atoms in total. The first kappa shape index (κ1) is 16.6. The van der Waals surface area contributed by atoms with E-state index in [1.807, 2.05) is 16.8 Å². The van der Waals surface area contributed by atoms with Crippen molar-refractivity contribution in [2.75, 3.05) is 0 Å². The van der Waals surface area contributed by atoms with Crippen LogP contribution in [-0.2, 0) is 4.74 Å². The maximum absolute atomic E-state index is 12.2. The van der Waals surface area contributed by atoms with Crippen molar-refractivity contribution >= 4 is 22.6 Å². The van der Waals surface area contributed by atoms with Gasteiger partial charge in [0, 0.05) is 35.6 Å². The Balaban J connectivity index is 2.01. The molecule has 7 heteroatoms. The highest BCUT2D eigenvalue weighted by Crippen LogP contribution is 2.23. The van der Waals surface area contributed by atoms with Crippen molar-refractivity contribution in [2.45, 2.75) is 26.4 Å². The average Bonchev–Trinajstić information content (AvgIpc) is 2.96. The molecule has 0 aliphatic rings. The highest BCUT2D eigenvalue weighted by molar-refractivity contribution is 5.92. The van der Waals surface area contributed by atoms with Crippen molar-refractivity contribution in [3.63, 3.8) is 0 Å². The normalized spacial score (nSPS) is 11.5. The molecular formula is C18H17N3O4. The van der Waals surface area contributed by atoms with Crippen molar-refractivity contribution in [2.24, 2.45) is 0 Å². The average molecular weight is 339 g/mol. The van der Waals surface area contributed by atoms with Gasteiger partial charge in [-0.1, -0.05) is 0 Å². The van der Waals surface area contributed by atoms with Crippen LogP contribution < -0.4 is 0 Å². The van der Waals surface area contributed by atoms with Gasteiger partial charge in [-0.2, -0.15) is 0 Å². The molecule has 0 saturated carbocycles. The SMILES string of the molecule is CC(C)(C)OC(=O)c1cc2c(ccn2-c2ccc([N+](=O)[O-])cc2)cn1. The maximum atomic E-state index is 12.2. The third-order valence-electron chi connectivity index (χ3n) is 3.52. The summed E-state index contributed by atoms with van der Waals surface area (Å²) in [6, 6.07) is 9.72. The number of aromatic nitrogens is 2. The van der Waals surface area contributed by atoms with E-state index in [1.165, 1.54) is 12.1 Å². The number of pyridine rings is 1. The molecule has 3 aromatic rings. The Hall–Kier alpha value is -3.22. The van der Waals surface area contributed by atoms with Gasteiger partial charge in [0.05, 0.1) is 10.4 Å². The van der Waals surface area contributed by atoms with Crippen LogP contribution in [0.5, 0.6) is 0 Å². The minimum Gasteiger partial charge on any atom is -0.455 e. The molecule has 2 heterocycles. The predicted octanol–water partition coefficient (Wildman–Crippen LogP) is 3.89. The number of rotatable bonds is 3. The molecule has 0 radical (unpaired) electrons. The molecule has 0 fully saturated rings. The Bertz CT molecular complexity index is 953. The van der Waals surface area contributed by atoms with Gasteiger partial charge in [-0.25, -0.2) is 9.78 Å². The van der Waals surface area contributed by atoms with Gasteiger partial charge in [-0.3, -0.25) is 10.1 Å². The highest BCUT2D eigenvalue weighted by Gasteiger charge is 2.19. The standard InChI is InChI=1S/C18H17N3O4/c1-18(2,3)25-17(22)15-10-16-12(11-19-15)8-9-20(16)13-4-6-14(7-5-13)21(23)24/h4-11H,1-3H3. The number of nitro benzene ring substituents is 1. The molecule has 3 rings (SSSR count). The first-order chi connectivity index (χ1) is 11.7. The third-order valence-corrected chi connectivity index (χ3v) is 3.52. The Labute approximate surface area is 144 Å². The number of nitro groups is 1. The maximum Gasteiger partial charge on any atom is 0.357 e. The van der Waals surface area contributed by atoms with Gasteiger partial charge < -0.3 is 9.30 Å². The van der Waals surface area contributed by atoms with Crippen LogP contribution in [0, 0.1) is 10.1 Å². The van der Waals surface area contributed by atoms with E-state index in [9.17, 15) is 14.9 Å². The summed E-state index contributed by atoms with van der Waals surface area (Å²) in [5.41, 5.74) is 1.15. The summed E-state index contributed by atoms with van der Waals surface area (Å²) < 4.78 is 7.19. The van der Waals surface area contributed by atoms with Gasteiger partial charge in [0.25, 0.3) is 5.69 Å². The molecule has 1 aromatic carbocycles. The van der Waals surface area contributed by atoms with Gasteiger partial charge in [0.2, 0.25) is 0 Å². The van der Waals surface area contributed by atoms with Gasteiger partial charge >= 0.3 is 5.97 Å². The fraction of sp³-hybridized carbons (Fsp3) is 0.222. The monoisotopic (exact) mass is 339 g/mol. The molecule has 0 atom stereocenters. The Morgan fingerprint density at radius 1 is 1.20 bits per heavy atom. The number of carbonyl (C=O) groups excluding carboxylic acids is 1. The lowest BCUT2D eigenvalue weighted by Crippen LogP contribution is -2.24. The fourth-order valence-corrected chi connectivity index (χ4v) is 2.43. The Kier molecular flexibility index (Phi) is 4.00. The lowest BCUT2D eigenvalue weighted by molar-refractivity contribution is -0.384. The number of esters is 1. The molecule has 25 heavy (non-hydrogen) atoms. The van der Waals surface area contributed by atoms with E-state index in [-0.39, 0.29) is 11.4 Å². The smallest absolute Gasteiger partial charge is 0.357 e. The second-order valence-corrected chi connectivity index (χ2v) is 6.59. The van der Waals surface area contributed by atoms with Gasteiger partial charge in [-0.05, 0) is 45.0 Å². The summed E-state index contributed by atoms with van der Waals surface area (Å²) in [5.74, 6) is -0.495. The zero-order valence-corrected chi connectivity index (χ0v) is 14.1. The zero-order chi connectivity index (χ0) is 18.2. The van der Waals surface area contributed by atoms with Gasteiger partial charge in [0.1, 0.15) is 11.3 Å². The van der Waals surface area contributed by atoms with Gasteiger partial charge in [0.15, 0.2) is 0 Å². The predicted molar refractivity (Wildman–Crippen MR) is 92.9 cm³/mol. The first-order valence-electron chi connectivity index (χ1n) is 7.70. The molecule has 0 N–H and O–H groups in total. The second-order valence-electron chi connectivity index (χ2n) is 6.59. The molecule has 0 aliphatic carbocycles. The number of non-ortho nitro benzene ring substituents is 1. The number of nitrogens with zero attached hydrogens (tertiary/aromatic N) is 3. The summed E-state index contributed by atoms with van der Waals surface area (Å²) in [7, 11) is 0. The number of carbonyl (C=O) groups is 1. The molecule has 0 bridgehead atoms. The summed E-state index contributed by atoms with van der Waals surface area (Å²) in [6.07, 6.45) is 3.43. The van der Waals surface area contributed by atoms with Crippen LogP contribution in [-0.4, -0.2) is 26.0 Å². The highest BCUT2D eigenvalue weighted by atomic mass is 16.6. The second kappa shape index (κ2) is 6.01. The number of hydrogen-bond donors (Lipinski definition) is 0. The molecule has 0 aliphatic heterocycles. The summed E-state index contributed by atoms with van der Waals surface area (Å²) in [4.78, 5) is 26.7. The van der Waals surface area contributed by atoms with Crippen LogP contribution in [0.25, 0.3) is 16.6 Å². The summed E-state index contributed by atoms with van der Waals surface area (Å²) in [5, 5.41) is 11.6. The van der Waals surface area contributed by atoms with Crippen molar-refractivity contribution in [3.8, 4) is 5.69 Å². The third kappa shape index (κ3) is 3.50. The molecular weight excluding hydrogens is 322 g/mol. The number of hydrogen-bond acceptors (Lipinski definition) is 5. The van der Waals surface area contributed by atoms with Crippen LogP contribution in [0.1, 0.15) is 31.3 Å². The van der Waals surface area contributed by atoms with Crippen molar-refractivity contribution in [1.82, 2.24) is 9.55 Å². The molecule has 0 unspecified atom stereocenters. The van der Waals surface area contributed by atoms with Crippen LogP contribution in [0.3, 0.4) is 0 Å². The summed E-state index contributed by atoms with van der Waals surface area (Å²) >= 11 is 0. The lowest BCUT2D eigenvalue weighted by Gasteiger charge is -2.19. The minimum atomic E-state index is -0.603. The number of ether oxygens (including phenoxy) is 1. The lowest BCUT2D eigenvalue weighted by atomic mass is 10.2. The van der Waals surface area contributed by atoms with E-state index in [4.69, 9.17) is 4.74 Å². The number of fused-ring (bicyclic) bond motifs is 1. The van der Waals surface area contributed by atoms with Crippen LogP contribution >= 0.6 is 0 Å². The Morgan fingerprint density at radius 3 is 2.48 bits per heavy atom. The van der Waals surface area contributed by atoms with Crippen LogP contribution in [0.15, 0.2) is 48.8 Å². The van der Waals surface area contributed by atoms with E-state index < -0.39 is 16.5 Å². The van der Waals surface area contributed by atoms with Crippen molar-refractivity contribution in [3.05, 3.63) is 64.6 Å². The largest absolute Gasteiger partial charge is 0.455 e. The van der Waals surface area contributed by atoms with E-state index in [0.717, 1.165) is 16.6 Å². The topological polar surface area (TPSA) is 87.3 Å². The van der Waals surface area contributed by atoms with E-state index >= 15 is 0 Å². The molecule has 0 saturated heterocycles. The zero-order valence-electron chi connectivity index (χ0n) is 14.1. The number of benzene rings is 1. The molecule has 0 spiro atoms. The van der Waals surface area contributed by atoms with Crippen LogP contribution in [0.2, 0.25) is 0 Å². The quantitative estimate of drug-likeness (QED) is 0.410. The van der Waals surface area contributed by atoms with Gasteiger partial charge in [-0.15, -0.1) is 0 Å². The van der Waals surface area contributed by atoms with Crippen LogP contribution in [0.4, 0.5) is 5.69 Å². The summed E-state index contributed by atoms with van der Waals surface area (Å²) in [6.45, 7) is 5.38. The molecule has 0 amide bonds. The van der Waals surface area contributed by atoms with Crippen molar-refractivity contribution in [1.29, 1.82) is 0 Å². The van der Waals surface area contributed by atoms with E-state index in [2.05, 4.69) is 4.98 Å². The molecule has 2 aromatic heterocycles. The molecule has 128 valence electrons. The van der Waals surface area contributed by atoms with Crippen molar-refractivity contribution < 1.29 is 14.5 Å². The minimum absolute atomic E-state index is 0.0244. The van der Waals surface area contributed by atoms with E-state index in [0.29, 0.717) is 0 Å². The first-order valence-corrected chi connectivity index (χ1v) is 7.70.